The summed E-state index contributed by atoms with van der Waals surface area (Å²) in [5, 5.41) is 0.763. The molecule has 0 radical (unpaired) electrons. The van der Waals surface area contributed by atoms with Gasteiger partial charge in [-0.1, -0.05) is 18.2 Å². The van der Waals surface area contributed by atoms with Gasteiger partial charge in [0, 0.05) is 5.69 Å². The molecule has 1 aromatic heterocycles. The normalized spacial score (nSPS) is 10.5. The fraction of sp³-hybridized carbons (Fsp3) is 0.294. The number of ether oxygens (including phenoxy) is 1. The lowest BCUT2D eigenvalue weighted by Crippen LogP contribution is -2.12. The molecule has 0 aliphatic carbocycles. The van der Waals surface area contributed by atoms with Crippen LogP contribution in [0.3, 0.4) is 0 Å². The Labute approximate surface area is 134 Å². The van der Waals surface area contributed by atoms with Gasteiger partial charge in [-0.2, -0.15) is 0 Å². The van der Waals surface area contributed by atoms with Crippen molar-refractivity contribution in [1.82, 2.24) is 4.57 Å². The molecule has 0 amide bonds. The maximum atomic E-state index is 12.4. The number of Topliss-reactive ketones (excluding diaryl/α,β-unsaturated/α-hetero) is 1. The van der Waals surface area contributed by atoms with E-state index in [4.69, 9.17) is 4.74 Å². The third-order valence-electron chi connectivity index (χ3n) is 3.40. The van der Waals surface area contributed by atoms with Gasteiger partial charge in [-0.3, -0.25) is 9.36 Å². The summed E-state index contributed by atoms with van der Waals surface area (Å²) in [7, 11) is 0. The van der Waals surface area contributed by atoms with E-state index < -0.39 is 5.97 Å². The van der Waals surface area contributed by atoms with Crippen LogP contribution in [0.2, 0.25) is 0 Å². The van der Waals surface area contributed by atoms with Crippen molar-refractivity contribution in [1.29, 1.82) is 0 Å². The topological polar surface area (TPSA) is 48.3 Å². The van der Waals surface area contributed by atoms with Crippen molar-refractivity contribution < 1.29 is 14.3 Å². The monoisotopic (exact) mass is 317 g/mol. The van der Waals surface area contributed by atoms with E-state index in [9.17, 15) is 9.59 Å². The summed E-state index contributed by atoms with van der Waals surface area (Å²) >= 11 is 1.45. The molecule has 2 rings (SSSR count). The second kappa shape index (κ2) is 6.83. The first-order chi connectivity index (χ1) is 10.5. The molecule has 22 heavy (non-hydrogen) atoms. The van der Waals surface area contributed by atoms with Gasteiger partial charge in [-0.05, 0) is 44.7 Å². The summed E-state index contributed by atoms with van der Waals surface area (Å²) in [6.45, 7) is 5.38. The van der Waals surface area contributed by atoms with Crippen LogP contribution in [0.15, 0.2) is 35.4 Å². The van der Waals surface area contributed by atoms with Crippen molar-refractivity contribution in [2.75, 3.05) is 12.9 Å². The molecule has 1 aromatic carbocycles. The number of para-hydroxylation sites is 1. The lowest BCUT2D eigenvalue weighted by molar-refractivity contribution is 0.0515. The van der Waals surface area contributed by atoms with E-state index >= 15 is 0 Å². The molecule has 0 N–H and O–H groups in total. The number of esters is 1. The van der Waals surface area contributed by atoms with Gasteiger partial charge < -0.3 is 4.74 Å². The first-order valence-corrected chi connectivity index (χ1v) is 8.28. The number of aromatic nitrogens is 1. The van der Waals surface area contributed by atoms with Crippen LogP contribution in [0.4, 0.5) is 0 Å². The molecule has 2 aromatic rings. The maximum absolute atomic E-state index is 12.4. The van der Waals surface area contributed by atoms with Gasteiger partial charge in [-0.15, -0.1) is 11.8 Å². The Hall–Kier alpha value is -2.01. The number of benzene rings is 1. The molecule has 5 heteroatoms. The van der Waals surface area contributed by atoms with Crippen LogP contribution >= 0.6 is 11.8 Å². The highest BCUT2D eigenvalue weighted by molar-refractivity contribution is 7.98. The number of hydrogen-bond donors (Lipinski definition) is 0. The Kier molecular flexibility index (Phi) is 5.08. The first-order valence-electron chi connectivity index (χ1n) is 7.05. The van der Waals surface area contributed by atoms with E-state index in [1.54, 1.807) is 13.8 Å². The fourth-order valence-electron chi connectivity index (χ4n) is 2.54. The zero-order valence-electron chi connectivity index (χ0n) is 13.2. The standard InChI is InChI=1S/C17H19NO3S/c1-5-21-17(20)15-11(2)14(12(3)19)16(22-4)18(15)13-9-7-6-8-10-13/h6-10H,5H2,1-4H3. The highest BCUT2D eigenvalue weighted by Gasteiger charge is 2.28. The smallest absolute Gasteiger partial charge is 0.355 e. The Bertz CT molecular complexity index is 704. The molecule has 0 bridgehead atoms. The Morgan fingerprint density at radius 3 is 2.36 bits per heavy atom. The average molecular weight is 317 g/mol. The summed E-state index contributed by atoms with van der Waals surface area (Å²) in [6, 6.07) is 9.53. The van der Waals surface area contributed by atoms with Gasteiger partial charge in [0.2, 0.25) is 0 Å². The van der Waals surface area contributed by atoms with E-state index in [1.807, 2.05) is 41.2 Å². The van der Waals surface area contributed by atoms with Crippen molar-refractivity contribution in [2.45, 2.75) is 25.8 Å². The van der Waals surface area contributed by atoms with E-state index in [0.717, 1.165) is 10.7 Å². The van der Waals surface area contributed by atoms with Crippen LogP contribution in [0.25, 0.3) is 5.69 Å². The lowest BCUT2D eigenvalue weighted by atomic mass is 10.1. The number of hydrogen-bond acceptors (Lipinski definition) is 4. The summed E-state index contributed by atoms with van der Waals surface area (Å²) in [6.07, 6.45) is 1.90. The second-order valence-electron chi connectivity index (χ2n) is 4.81. The molecule has 0 saturated carbocycles. The highest BCUT2D eigenvalue weighted by atomic mass is 32.2. The minimum absolute atomic E-state index is 0.0536. The molecular formula is C17H19NO3S. The summed E-state index contributed by atoms with van der Waals surface area (Å²) in [5.41, 5.74) is 2.51. The Morgan fingerprint density at radius 1 is 1.23 bits per heavy atom. The highest BCUT2D eigenvalue weighted by Crippen LogP contribution is 2.33. The maximum Gasteiger partial charge on any atom is 0.355 e. The molecular weight excluding hydrogens is 298 g/mol. The van der Waals surface area contributed by atoms with Crippen LogP contribution in [0.5, 0.6) is 0 Å². The lowest BCUT2D eigenvalue weighted by Gasteiger charge is -2.12. The van der Waals surface area contributed by atoms with E-state index in [0.29, 0.717) is 23.4 Å². The van der Waals surface area contributed by atoms with Crippen LogP contribution in [0, 0.1) is 6.92 Å². The molecule has 0 fully saturated rings. The van der Waals surface area contributed by atoms with Gasteiger partial charge >= 0.3 is 5.97 Å². The zero-order valence-corrected chi connectivity index (χ0v) is 14.0. The zero-order chi connectivity index (χ0) is 16.3. The number of rotatable bonds is 5. The van der Waals surface area contributed by atoms with Crippen molar-refractivity contribution in [2.24, 2.45) is 0 Å². The van der Waals surface area contributed by atoms with Gasteiger partial charge in [0.1, 0.15) is 5.69 Å². The van der Waals surface area contributed by atoms with Crippen molar-refractivity contribution in [3.8, 4) is 5.69 Å². The average Bonchev–Trinajstić information content (AvgIpc) is 2.81. The number of nitrogens with zero attached hydrogens (tertiary/aromatic N) is 1. The van der Waals surface area contributed by atoms with Crippen LogP contribution in [-0.2, 0) is 4.74 Å². The molecule has 0 unspecified atom stereocenters. The number of ketones is 1. The van der Waals surface area contributed by atoms with Crippen LogP contribution in [-0.4, -0.2) is 29.2 Å². The molecule has 116 valence electrons. The van der Waals surface area contributed by atoms with Crippen LogP contribution in [0.1, 0.15) is 40.3 Å². The molecule has 0 spiro atoms. The fourth-order valence-corrected chi connectivity index (χ4v) is 3.42. The minimum Gasteiger partial charge on any atom is -0.461 e. The Balaban J connectivity index is 2.81. The van der Waals surface area contributed by atoms with E-state index in [2.05, 4.69) is 0 Å². The number of carbonyl (C=O) groups is 2. The quantitative estimate of drug-likeness (QED) is 0.477. The summed E-state index contributed by atoms with van der Waals surface area (Å²) in [4.78, 5) is 24.4. The summed E-state index contributed by atoms with van der Waals surface area (Å²) < 4.78 is 7.00. The van der Waals surface area contributed by atoms with Crippen molar-refractivity contribution >= 4 is 23.5 Å². The first kappa shape index (κ1) is 16.4. The predicted octanol–water partition coefficient (Wildman–Crippen LogP) is 3.89. The minimum atomic E-state index is -0.411. The SMILES string of the molecule is CCOC(=O)c1c(C)c(C(C)=O)c(SC)n1-c1ccccc1. The third kappa shape index (κ3) is 2.81. The number of thioether (sulfide) groups is 1. The third-order valence-corrected chi connectivity index (χ3v) is 4.17. The van der Waals surface area contributed by atoms with Crippen molar-refractivity contribution in [3.63, 3.8) is 0 Å². The molecule has 4 nitrogen and oxygen atoms in total. The van der Waals surface area contributed by atoms with Crippen LogP contribution < -0.4 is 0 Å². The van der Waals surface area contributed by atoms with Gasteiger partial charge in [0.25, 0.3) is 0 Å². The van der Waals surface area contributed by atoms with E-state index in [-0.39, 0.29) is 5.78 Å². The molecule has 0 atom stereocenters. The largest absolute Gasteiger partial charge is 0.461 e. The van der Waals surface area contributed by atoms with Gasteiger partial charge in [0.15, 0.2) is 5.78 Å². The van der Waals surface area contributed by atoms with Crippen molar-refractivity contribution in [3.05, 3.63) is 47.2 Å². The second-order valence-corrected chi connectivity index (χ2v) is 5.60. The molecule has 0 aliphatic heterocycles. The van der Waals surface area contributed by atoms with Gasteiger partial charge in [-0.25, -0.2) is 4.79 Å². The molecule has 0 aliphatic rings. The molecule has 1 heterocycles. The van der Waals surface area contributed by atoms with E-state index in [1.165, 1.54) is 18.7 Å². The summed E-state index contributed by atoms with van der Waals surface area (Å²) in [5.74, 6) is -0.464. The van der Waals surface area contributed by atoms with Gasteiger partial charge in [0.05, 0.1) is 17.2 Å². The number of carbonyl (C=O) groups excluding carboxylic acids is 2. The Morgan fingerprint density at radius 2 is 1.86 bits per heavy atom. The predicted molar refractivity (Wildman–Crippen MR) is 88.2 cm³/mol. The molecule has 0 saturated heterocycles.